The number of carbonyl (C=O) groups is 3. The van der Waals surface area contributed by atoms with Gasteiger partial charge in [-0.2, -0.15) is 12.6 Å². The number of carbonyl (C=O) groups excluding carboxylic acids is 3. The van der Waals surface area contributed by atoms with Gasteiger partial charge in [-0.15, -0.1) is 0 Å². The molecule has 0 saturated heterocycles. The standard InChI is InChI=1S/C27H43N3O4S/c1-8-11-19(4)28-24(31)23(22-17(2)12-9-13-18(22)3)30(20-14-10-15-20)25(32)21(16-35)29-26(33)34-27(5,6)7/h9,12-13,19-21,23,35H,8,10-11,14-16H2,1-7H3,(H,28,31)(H,29,33). The Morgan fingerprint density at radius 1 is 1.14 bits per heavy atom. The number of aryl methyl sites for hydroxylation is 2. The van der Waals surface area contributed by atoms with Crippen molar-refractivity contribution in [1.82, 2.24) is 15.5 Å². The molecule has 2 rings (SSSR count). The lowest BCUT2D eigenvalue weighted by atomic mass is 9.86. The van der Waals surface area contributed by atoms with E-state index < -0.39 is 23.8 Å². The van der Waals surface area contributed by atoms with E-state index in [1.54, 1.807) is 25.7 Å². The normalized spacial score (nSPS) is 16.5. The summed E-state index contributed by atoms with van der Waals surface area (Å²) < 4.78 is 5.38. The van der Waals surface area contributed by atoms with Crippen LogP contribution in [-0.2, 0) is 14.3 Å². The van der Waals surface area contributed by atoms with E-state index in [1.165, 1.54) is 0 Å². The van der Waals surface area contributed by atoms with Crippen molar-refractivity contribution in [2.45, 2.75) is 110 Å². The lowest BCUT2D eigenvalue weighted by Gasteiger charge is -2.44. The number of hydrogen-bond donors (Lipinski definition) is 3. The minimum atomic E-state index is -0.915. The van der Waals surface area contributed by atoms with Crippen molar-refractivity contribution in [2.24, 2.45) is 0 Å². The third-order valence-electron chi connectivity index (χ3n) is 6.35. The van der Waals surface area contributed by atoms with Crippen molar-refractivity contribution >= 4 is 30.5 Å². The van der Waals surface area contributed by atoms with Gasteiger partial charge in [0, 0.05) is 17.8 Å². The fourth-order valence-electron chi connectivity index (χ4n) is 4.48. The van der Waals surface area contributed by atoms with Crippen LogP contribution in [0.2, 0.25) is 0 Å². The average molecular weight is 506 g/mol. The molecule has 3 unspecified atom stereocenters. The molecular weight excluding hydrogens is 462 g/mol. The molecule has 35 heavy (non-hydrogen) atoms. The van der Waals surface area contributed by atoms with Crippen LogP contribution >= 0.6 is 12.6 Å². The first-order valence-electron chi connectivity index (χ1n) is 12.7. The van der Waals surface area contributed by atoms with Crippen molar-refractivity contribution in [2.75, 3.05) is 5.75 Å². The SMILES string of the molecule is CCCC(C)NC(=O)C(c1c(C)cccc1C)N(C(=O)C(CS)NC(=O)OC(C)(C)C)C1CCC1. The molecule has 0 bridgehead atoms. The Balaban J connectivity index is 2.49. The van der Waals surface area contributed by atoms with Gasteiger partial charge in [-0.25, -0.2) is 4.79 Å². The molecule has 0 heterocycles. The Hall–Kier alpha value is -2.22. The van der Waals surface area contributed by atoms with E-state index in [-0.39, 0.29) is 29.7 Å². The second-order valence-electron chi connectivity index (χ2n) is 10.6. The van der Waals surface area contributed by atoms with Crippen LogP contribution in [0.1, 0.15) is 89.5 Å². The van der Waals surface area contributed by atoms with Gasteiger partial charge < -0.3 is 20.3 Å². The number of hydrogen-bond acceptors (Lipinski definition) is 5. The topological polar surface area (TPSA) is 87.7 Å². The monoisotopic (exact) mass is 505 g/mol. The van der Waals surface area contributed by atoms with Crippen molar-refractivity contribution in [1.29, 1.82) is 0 Å². The summed E-state index contributed by atoms with van der Waals surface area (Å²) in [7, 11) is 0. The molecule has 1 aliphatic rings. The maximum atomic E-state index is 14.0. The summed E-state index contributed by atoms with van der Waals surface area (Å²) in [5, 5.41) is 5.82. The van der Waals surface area contributed by atoms with Crippen molar-refractivity contribution in [3.8, 4) is 0 Å². The van der Waals surface area contributed by atoms with Crippen LogP contribution < -0.4 is 10.6 Å². The van der Waals surface area contributed by atoms with Gasteiger partial charge in [0.2, 0.25) is 11.8 Å². The van der Waals surface area contributed by atoms with Crippen LogP contribution in [0, 0.1) is 13.8 Å². The summed E-state index contributed by atoms with van der Waals surface area (Å²) in [4.78, 5) is 42.0. The lowest BCUT2D eigenvalue weighted by molar-refractivity contribution is -0.147. The molecule has 0 aliphatic heterocycles. The number of nitrogens with one attached hydrogen (secondary N) is 2. The van der Waals surface area contributed by atoms with Gasteiger partial charge in [-0.3, -0.25) is 9.59 Å². The Bertz CT molecular complexity index is 875. The summed E-state index contributed by atoms with van der Waals surface area (Å²) >= 11 is 4.36. The van der Waals surface area contributed by atoms with Crippen LogP contribution in [0.25, 0.3) is 0 Å². The molecule has 1 aliphatic carbocycles. The second-order valence-corrected chi connectivity index (χ2v) is 11.0. The zero-order valence-electron chi connectivity index (χ0n) is 22.3. The molecule has 8 heteroatoms. The maximum Gasteiger partial charge on any atom is 0.408 e. The first-order chi connectivity index (χ1) is 16.4. The van der Waals surface area contributed by atoms with Crippen LogP contribution in [-0.4, -0.2) is 52.3 Å². The number of nitrogens with zero attached hydrogens (tertiary/aromatic N) is 1. The average Bonchev–Trinajstić information content (AvgIpc) is 2.70. The molecule has 0 radical (unpaired) electrons. The molecular formula is C27H43N3O4S. The summed E-state index contributed by atoms with van der Waals surface area (Å²) in [6.45, 7) is 13.3. The lowest BCUT2D eigenvalue weighted by Crippen LogP contribution is -2.58. The predicted octanol–water partition coefficient (Wildman–Crippen LogP) is 4.85. The molecule has 7 nitrogen and oxygen atoms in total. The van der Waals surface area contributed by atoms with Gasteiger partial charge in [0.1, 0.15) is 17.7 Å². The van der Waals surface area contributed by atoms with Gasteiger partial charge in [0.15, 0.2) is 0 Å². The fourth-order valence-corrected chi connectivity index (χ4v) is 4.73. The highest BCUT2D eigenvalue weighted by Gasteiger charge is 2.42. The molecule has 0 spiro atoms. The van der Waals surface area contributed by atoms with Crippen LogP contribution in [0.3, 0.4) is 0 Å². The highest BCUT2D eigenvalue weighted by molar-refractivity contribution is 7.80. The summed E-state index contributed by atoms with van der Waals surface area (Å²) in [5.74, 6) is -0.422. The van der Waals surface area contributed by atoms with E-state index in [1.807, 2.05) is 39.0 Å². The molecule has 196 valence electrons. The second kappa shape index (κ2) is 12.7. The van der Waals surface area contributed by atoms with Gasteiger partial charge >= 0.3 is 6.09 Å². The number of rotatable bonds is 10. The van der Waals surface area contributed by atoms with Crippen molar-refractivity contribution in [3.05, 3.63) is 34.9 Å². The van der Waals surface area contributed by atoms with Gasteiger partial charge in [-0.1, -0.05) is 31.5 Å². The van der Waals surface area contributed by atoms with Crippen LogP contribution in [0.4, 0.5) is 4.79 Å². The molecule has 1 saturated carbocycles. The minimum Gasteiger partial charge on any atom is -0.444 e. The minimum absolute atomic E-state index is 0.0155. The zero-order valence-corrected chi connectivity index (χ0v) is 23.2. The Kier molecular flexibility index (Phi) is 10.5. The van der Waals surface area contributed by atoms with E-state index in [0.29, 0.717) is 0 Å². The molecule has 3 atom stereocenters. The van der Waals surface area contributed by atoms with Gasteiger partial charge in [-0.05, 0) is 83.9 Å². The van der Waals surface area contributed by atoms with E-state index in [9.17, 15) is 14.4 Å². The Labute approximate surface area is 216 Å². The molecule has 3 amide bonds. The fraction of sp³-hybridized carbons (Fsp3) is 0.667. The third kappa shape index (κ3) is 7.89. The van der Waals surface area contributed by atoms with E-state index in [2.05, 4.69) is 30.2 Å². The zero-order chi connectivity index (χ0) is 26.3. The molecule has 1 aromatic carbocycles. The number of amides is 3. The highest BCUT2D eigenvalue weighted by atomic mass is 32.1. The Morgan fingerprint density at radius 2 is 1.74 bits per heavy atom. The first-order valence-corrected chi connectivity index (χ1v) is 13.3. The summed E-state index contributed by atoms with van der Waals surface area (Å²) in [5.41, 5.74) is 2.04. The maximum absolute atomic E-state index is 14.0. The molecule has 1 fully saturated rings. The smallest absolute Gasteiger partial charge is 0.408 e. The van der Waals surface area contributed by atoms with E-state index in [0.717, 1.165) is 48.8 Å². The third-order valence-corrected chi connectivity index (χ3v) is 6.71. The molecule has 0 aromatic heterocycles. The molecule has 1 aromatic rings. The predicted molar refractivity (Wildman–Crippen MR) is 143 cm³/mol. The van der Waals surface area contributed by atoms with Crippen LogP contribution in [0.5, 0.6) is 0 Å². The summed E-state index contributed by atoms with van der Waals surface area (Å²) in [6.07, 6.45) is 3.74. The van der Waals surface area contributed by atoms with Crippen LogP contribution in [0.15, 0.2) is 18.2 Å². The first kappa shape index (κ1) is 29.0. The summed E-state index contributed by atoms with van der Waals surface area (Å²) in [6, 6.07) is 4.09. The van der Waals surface area contributed by atoms with Crippen molar-refractivity contribution < 1.29 is 19.1 Å². The number of ether oxygens (including phenoxy) is 1. The van der Waals surface area contributed by atoms with Gasteiger partial charge in [0.05, 0.1) is 0 Å². The molecule has 2 N–H and O–H groups in total. The van der Waals surface area contributed by atoms with Crippen molar-refractivity contribution in [3.63, 3.8) is 0 Å². The number of thiol groups is 1. The largest absolute Gasteiger partial charge is 0.444 e. The van der Waals surface area contributed by atoms with E-state index >= 15 is 0 Å². The Morgan fingerprint density at radius 3 is 2.20 bits per heavy atom. The highest BCUT2D eigenvalue weighted by Crippen LogP contribution is 2.36. The van der Waals surface area contributed by atoms with E-state index in [4.69, 9.17) is 4.74 Å². The number of alkyl carbamates (subject to hydrolysis) is 1. The quantitative estimate of drug-likeness (QED) is 0.397. The number of benzene rings is 1. The van der Waals surface area contributed by atoms with Gasteiger partial charge in [0.25, 0.3) is 0 Å².